The number of para-hydroxylation sites is 1. The molecule has 6 nitrogen and oxygen atoms in total. The molecular formula is C18H17ClF3N5O. The number of nitrogens with zero attached hydrogens (tertiary/aromatic N) is 3. The summed E-state index contributed by atoms with van der Waals surface area (Å²) in [5.41, 5.74) is 2.47. The lowest BCUT2D eigenvalue weighted by atomic mass is 9.98. The second-order valence-corrected chi connectivity index (χ2v) is 7.22. The normalized spacial score (nSPS) is 19.2. The van der Waals surface area contributed by atoms with Crippen molar-refractivity contribution < 1.29 is 18.0 Å². The van der Waals surface area contributed by atoms with E-state index in [4.69, 9.17) is 11.6 Å². The van der Waals surface area contributed by atoms with E-state index in [1.54, 1.807) is 0 Å². The first-order valence-electron chi connectivity index (χ1n) is 8.70. The number of benzene rings is 1. The van der Waals surface area contributed by atoms with Crippen molar-refractivity contribution in [2.45, 2.75) is 24.7 Å². The van der Waals surface area contributed by atoms with Gasteiger partial charge in [0, 0.05) is 32.1 Å². The van der Waals surface area contributed by atoms with Crippen LogP contribution in [0.5, 0.6) is 0 Å². The minimum absolute atomic E-state index is 0.0416. The minimum atomic E-state index is -4.49. The highest BCUT2D eigenvalue weighted by Crippen LogP contribution is 2.35. The molecule has 0 aliphatic carbocycles. The lowest BCUT2D eigenvalue weighted by Crippen LogP contribution is -2.58. The Morgan fingerprint density at radius 2 is 1.82 bits per heavy atom. The second-order valence-electron chi connectivity index (χ2n) is 6.81. The molecular weight excluding hydrogens is 395 g/mol. The molecule has 2 aliphatic rings. The van der Waals surface area contributed by atoms with Gasteiger partial charge in [0.2, 0.25) is 0 Å². The zero-order chi connectivity index (χ0) is 19.9. The van der Waals surface area contributed by atoms with E-state index in [0.29, 0.717) is 31.7 Å². The standard InChI is InChI=1S/C18H17ClF3N5O/c19-14-10-12(18(20,21)22)11-23-15(14)26-8-6-17(7-9-26)24-16(28)27(25-17)13-4-2-1-3-5-13/h1-5,10-11,25H,6-9H2,(H,24,28). The first kappa shape index (κ1) is 18.8. The van der Waals surface area contributed by atoms with Crippen LogP contribution in [0.3, 0.4) is 0 Å². The maximum Gasteiger partial charge on any atom is 0.417 e. The molecule has 1 spiro atoms. The number of pyridine rings is 1. The van der Waals surface area contributed by atoms with Gasteiger partial charge in [-0.05, 0) is 18.2 Å². The third-order valence-corrected chi connectivity index (χ3v) is 5.23. The molecule has 3 heterocycles. The van der Waals surface area contributed by atoms with Gasteiger partial charge in [-0.15, -0.1) is 0 Å². The summed E-state index contributed by atoms with van der Waals surface area (Å²) in [6.07, 6.45) is -2.61. The van der Waals surface area contributed by atoms with Crippen LogP contribution >= 0.6 is 11.6 Å². The number of hydrogen-bond acceptors (Lipinski definition) is 4. The lowest BCUT2D eigenvalue weighted by molar-refractivity contribution is -0.137. The number of rotatable bonds is 2. The molecule has 0 saturated carbocycles. The number of piperidine rings is 1. The number of carbonyl (C=O) groups excluding carboxylic acids is 1. The van der Waals surface area contributed by atoms with Crippen LogP contribution in [-0.4, -0.2) is 29.8 Å². The van der Waals surface area contributed by atoms with Crippen molar-refractivity contribution in [3.8, 4) is 0 Å². The van der Waals surface area contributed by atoms with Gasteiger partial charge in [-0.1, -0.05) is 29.8 Å². The number of nitrogens with one attached hydrogen (secondary N) is 2. The number of amides is 2. The molecule has 10 heteroatoms. The summed E-state index contributed by atoms with van der Waals surface area (Å²) in [6, 6.07) is 9.85. The first-order valence-corrected chi connectivity index (χ1v) is 9.08. The Hall–Kier alpha value is -2.52. The average Bonchev–Trinajstić information content (AvgIpc) is 2.98. The average molecular weight is 412 g/mol. The Morgan fingerprint density at radius 3 is 2.43 bits per heavy atom. The molecule has 0 atom stereocenters. The molecule has 2 amide bonds. The van der Waals surface area contributed by atoms with Crippen LogP contribution in [0.4, 0.5) is 29.5 Å². The van der Waals surface area contributed by atoms with Crippen LogP contribution in [0, 0.1) is 0 Å². The third-order valence-electron chi connectivity index (χ3n) is 4.96. The van der Waals surface area contributed by atoms with E-state index >= 15 is 0 Å². The van der Waals surface area contributed by atoms with Crippen LogP contribution in [0.2, 0.25) is 5.02 Å². The summed E-state index contributed by atoms with van der Waals surface area (Å²) in [7, 11) is 0. The molecule has 2 fully saturated rings. The number of hydrazine groups is 1. The van der Waals surface area contributed by atoms with Gasteiger partial charge in [0.15, 0.2) is 0 Å². The summed E-state index contributed by atoms with van der Waals surface area (Å²) in [4.78, 5) is 18.1. The van der Waals surface area contributed by atoms with E-state index in [1.165, 1.54) is 5.01 Å². The Labute approximate surface area is 164 Å². The zero-order valence-electron chi connectivity index (χ0n) is 14.6. The van der Waals surface area contributed by atoms with Crippen LogP contribution in [0.1, 0.15) is 18.4 Å². The van der Waals surface area contributed by atoms with Gasteiger partial charge < -0.3 is 10.2 Å². The summed E-state index contributed by atoms with van der Waals surface area (Å²) < 4.78 is 38.4. The quantitative estimate of drug-likeness (QED) is 0.789. The lowest BCUT2D eigenvalue weighted by Gasteiger charge is -2.39. The van der Waals surface area contributed by atoms with Crippen molar-refractivity contribution in [2.24, 2.45) is 0 Å². The molecule has 2 aliphatic heterocycles. The molecule has 2 N–H and O–H groups in total. The van der Waals surface area contributed by atoms with Gasteiger partial charge in [0.25, 0.3) is 0 Å². The number of aromatic nitrogens is 1. The van der Waals surface area contributed by atoms with Crippen molar-refractivity contribution in [1.29, 1.82) is 0 Å². The Morgan fingerprint density at radius 1 is 1.14 bits per heavy atom. The SMILES string of the molecule is O=C1NC2(CCN(c3ncc(C(F)(F)F)cc3Cl)CC2)NN1c1ccccc1. The number of anilines is 2. The van der Waals surface area contributed by atoms with Gasteiger partial charge in [-0.2, -0.15) is 13.2 Å². The molecule has 1 aromatic heterocycles. The zero-order valence-corrected chi connectivity index (χ0v) is 15.4. The molecule has 148 valence electrons. The monoisotopic (exact) mass is 411 g/mol. The van der Waals surface area contributed by atoms with Gasteiger partial charge in [0.05, 0.1) is 16.3 Å². The van der Waals surface area contributed by atoms with Crippen LogP contribution < -0.4 is 20.7 Å². The predicted molar refractivity (Wildman–Crippen MR) is 99.0 cm³/mol. The smallest absolute Gasteiger partial charge is 0.355 e. The van der Waals surface area contributed by atoms with Gasteiger partial charge in [-0.25, -0.2) is 20.2 Å². The Balaban J connectivity index is 1.46. The van der Waals surface area contributed by atoms with Gasteiger partial charge >= 0.3 is 12.2 Å². The third kappa shape index (κ3) is 3.47. The molecule has 0 radical (unpaired) electrons. The maximum absolute atomic E-state index is 12.8. The molecule has 0 bridgehead atoms. The van der Waals surface area contributed by atoms with Crippen LogP contribution in [0.15, 0.2) is 42.6 Å². The largest absolute Gasteiger partial charge is 0.417 e. The van der Waals surface area contributed by atoms with E-state index in [-0.39, 0.29) is 11.1 Å². The molecule has 28 heavy (non-hydrogen) atoms. The Kier molecular flexibility index (Phi) is 4.59. The van der Waals surface area contributed by atoms with Gasteiger partial charge in [0.1, 0.15) is 11.5 Å². The van der Waals surface area contributed by atoms with Crippen molar-refractivity contribution in [2.75, 3.05) is 23.0 Å². The van der Waals surface area contributed by atoms with E-state index in [1.807, 2.05) is 35.2 Å². The Bertz CT molecular complexity index is 885. The molecule has 0 unspecified atom stereocenters. The number of alkyl halides is 3. The van der Waals surface area contributed by atoms with Crippen LogP contribution in [-0.2, 0) is 6.18 Å². The molecule has 2 saturated heterocycles. The van der Waals surface area contributed by atoms with E-state index < -0.39 is 17.4 Å². The molecule has 4 rings (SSSR count). The highest BCUT2D eigenvalue weighted by molar-refractivity contribution is 6.33. The highest BCUT2D eigenvalue weighted by atomic mass is 35.5. The molecule has 2 aromatic rings. The fraction of sp³-hybridized carbons (Fsp3) is 0.333. The number of halogens is 4. The minimum Gasteiger partial charge on any atom is -0.355 e. The second kappa shape index (κ2) is 6.82. The molecule has 1 aromatic carbocycles. The van der Waals surface area contributed by atoms with Gasteiger partial charge in [-0.3, -0.25) is 0 Å². The fourth-order valence-corrected chi connectivity index (χ4v) is 3.75. The van der Waals surface area contributed by atoms with Crippen molar-refractivity contribution in [1.82, 2.24) is 15.7 Å². The van der Waals surface area contributed by atoms with Crippen LogP contribution in [0.25, 0.3) is 0 Å². The highest BCUT2D eigenvalue weighted by Gasteiger charge is 2.45. The van der Waals surface area contributed by atoms with Crippen molar-refractivity contribution in [3.05, 3.63) is 53.2 Å². The van der Waals surface area contributed by atoms with E-state index in [0.717, 1.165) is 18.0 Å². The summed E-state index contributed by atoms with van der Waals surface area (Å²) in [6.45, 7) is 0.960. The van der Waals surface area contributed by atoms with Crippen molar-refractivity contribution >= 4 is 29.1 Å². The maximum atomic E-state index is 12.8. The first-order chi connectivity index (χ1) is 13.3. The number of carbonyl (C=O) groups is 1. The summed E-state index contributed by atoms with van der Waals surface area (Å²) in [5.74, 6) is 0.314. The van der Waals surface area contributed by atoms with E-state index in [2.05, 4.69) is 15.7 Å². The van der Waals surface area contributed by atoms with Crippen molar-refractivity contribution in [3.63, 3.8) is 0 Å². The summed E-state index contributed by atoms with van der Waals surface area (Å²) in [5, 5.41) is 4.41. The summed E-state index contributed by atoms with van der Waals surface area (Å²) >= 11 is 6.05. The number of urea groups is 1. The predicted octanol–water partition coefficient (Wildman–Crippen LogP) is 3.78. The topological polar surface area (TPSA) is 60.5 Å². The number of hydrogen-bond donors (Lipinski definition) is 2. The fourth-order valence-electron chi connectivity index (χ4n) is 3.47. The van der Waals surface area contributed by atoms with E-state index in [9.17, 15) is 18.0 Å².